The number of aryl methyl sites for hydroxylation is 1. The summed E-state index contributed by atoms with van der Waals surface area (Å²) in [6, 6.07) is 7.79. The van der Waals surface area contributed by atoms with E-state index in [1.54, 1.807) is 13.0 Å². The standard InChI is InChI=1S/C20H23N3O3/c1-4-8-18(24)23-20(25)15(14(3)21-23)11-12-19-22(13-5-2)16-9-6-7-10-17(16)26-19/h6-7,9-11,21H,4-5,8,13H2,1-3H3. The zero-order valence-electron chi connectivity index (χ0n) is 15.3. The van der Waals surface area contributed by atoms with Crippen molar-refractivity contribution in [2.75, 3.05) is 11.4 Å². The fourth-order valence-corrected chi connectivity index (χ4v) is 2.95. The van der Waals surface area contributed by atoms with Crippen molar-refractivity contribution in [3.05, 3.63) is 57.5 Å². The minimum Gasteiger partial charge on any atom is -0.432 e. The molecule has 0 amide bonds. The molecule has 0 saturated heterocycles. The van der Waals surface area contributed by atoms with Crippen molar-refractivity contribution >= 4 is 17.7 Å². The molecule has 0 radical (unpaired) electrons. The van der Waals surface area contributed by atoms with Gasteiger partial charge in [0.1, 0.15) is 0 Å². The number of nitrogens with zero attached hydrogens (tertiary/aromatic N) is 2. The normalized spacial score (nSPS) is 12.6. The Labute approximate surface area is 152 Å². The summed E-state index contributed by atoms with van der Waals surface area (Å²) in [5.74, 6) is 1.10. The van der Waals surface area contributed by atoms with Crippen LogP contribution in [0.3, 0.4) is 0 Å². The van der Waals surface area contributed by atoms with Crippen LogP contribution in [-0.4, -0.2) is 22.2 Å². The summed E-state index contributed by atoms with van der Waals surface area (Å²) in [4.78, 5) is 26.6. The molecule has 0 fully saturated rings. The molecule has 1 aromatic carbocycles. The highest BCUT2D eigenvalue weighted by atomic mass is 16.5. The Kier molecular flexibility index (Phi) is 5.14. The van der Waals surface area contributed by atoms with Crippen LogP contribution in [0, 0.1) is 6.92 Å². The molecule has 0 unspecified atom stereocenters. The molecule has 26 heavy (non-hydrogen) atoms. The van der Waals surface area contributed by atoms with Gasteiger partial charge in [0.15, 0.2) is 5.75 Å². The van der Waals surface area contributed by atoms with Gasteiger partial charge in [-0.15, -0.1) is 0 Å². The average Bonchev–Trinajstić information content (AvgIpc) is 3.11. The molecule has 0 spiro atoms. The zero-order valence-corrected chi connectivity index (χ0v) is 15.3. The van der Waals surface area contributed by atoms with E-state index in [0.717, 1.165) is 29.1 Å². The summed E-state index contributed by atoms with van der Waals surface area (Å²) in [6.45, 7) is 6.56. The SMILES string of the molecule is CCCC(=O)n1[nH]c(C)c(C=C=C2Oc3ccccc3N2CCC)c1=O. The van der Waals surface area contributed by atoms with Gasteiger partial charge in [-0.25, -0.2) is 0 Å². The van der Waals surface area contributed by atoms with Crippen molar-refractivity contribution in [2.45, 2.75) is 40.0 Å². The highest BCUT2D eigenvalue weighted by Crippen LogP contribution is 2.38. The van der Waals surface area contributed by atoms with E-state index in [1.807, 2.05) is 36.1 Å². The molecule has 2 aromatic rings. The minimum absolute atomic E-state index is 0.231. The number of aromatic amines is 1. The highest BCUT2D eigenvalue weighted by Gasteiger charge is 2.25. The van der Waals surface area contributed by atoms with E-state index in [4.69, 9.17) is 4.74 Å². The average molecular weight is 353 g/mol. The molecular formula is C20H23N3O3. The number of rotatable bonds is 5. The van der Waals surface area contributed by atoms with Crippen LogP contribution >= 0.6 is 0 Å². The number of carbonyl (C=O) groups is 1. The summed E-state index contributed by atoms with van der Waals surface area (Å²) in [7, 11) is 0. The van der Waals surface area contributed by atoms with Crippen LogP contribution in [-0.2, 0) is 0 Å². The van der Waals surface area contributed by atoms with E-state index in [0.29, 0.717) is 30.0 Å². The van der Waals surface area contributed by atoms with Gasteiger partial charge in [0.25, 0.3) is 5.56 Å². The Morgan fingerprint density at radius 2 is 2.04 bits per heavy atom. The lowest BCUT2D eigenvalue weighted by atomic mass is 10.2. The molecule has 1 aliphatic rings. The zero-order chi connectivity index (χ0) is 18.7. The molecule has 0 atom stereocenters. The van der Waals surface area contributed by atoms with Gasteiger partial charge < -0.3 is 9.64 Å². The molecule has 3 rings (SSSR count). The smallest absolute Gasteiger partial charge is 0.281 e. The number of fused-ring (bicyclic) bond motifs is 1. The van der Waals surface area contributed by atoms with Gasteiger partial charge in [-0.3, -0.25) is 14.7 Å². The summed E-state index contributed by atoms with van der Waals surface area (Å²) in [5, 5.41) is 2.85. The number of H-pyrrole nitrogens is 1. The maximum atomic E-state index is 12.5. The maximum Gasteiger partial charge on any atom is 0.281 e. The maximum absolute atomic E-state index is 12.5. The predicted octanol–water partition coefficient (Wildman–Crippen LogP) is 3.69. The van der Waals surface area contributed by atoms with Gasteiger partial charge in [0.2, 0.25) is 11.8 Å². The second-order valence-electron chi connectivity index (χ2n) is 6.25. The second kappa shape index (κ2) is 7.50. The molecule has 0 saturated carbocycles. The Morgan fingerprint density at radius 1 is 1.27 bits per heavy atom. The Morgan fingerprint density at radius 3 is 2.77 bits per heavy atom. The van der Waals surface area contributed by atoms with Crippen molar-refractivity contribution < 1.29 is 9.53 Å². The first-order chi connectivity index (χ1) is 12.6. The van der Waals surface area contributed by atoms with E-state index in [-0.39, 0.29) is 11.5 Å². The topological polar surface area (TPSA) is 67.3 Å². The molecule has 6 nitrogen and oxygen atoms in total. The van der Waals surface area contributed by atoms with Crippen molar-refractivity contribution in [3.8, 4) is 5.75 Å². The number of benzene rings is 1. The molecule has 136 valence electrons. The summed E-state index contributed by atoms with van der Waals surface area (Å²) >= 11 is 0. The van der Waals surface area contributed by atoms with Gasteiger partial charge in [-0.1, -0.05) is 31.7 Å². The minimum atomic E-state index is -0.355. The van der Waals surface area contributed by atoms with Gasteiger partial charge in [-0.05, 0) is 31.9 Å². The first-order valence-electron chi connectivity index (χ1n) is 8.92. The molecule has 1 aromatic heterocycles. The molecule has 1 N–H and O–H groups in total. The van der Waals surface area contributed by atoms with Crippen LogP contribution in [0.1, 0.15) is 49.2 Å². The lowest BCUT2D eigenvalue weighted by molar-refractivity contribution is 0.0881. The number of carbonyl (C=O) groups excluding carboxylic acids is 1. The molecule has 2 heterocycles. The second-order valence-corrected chi connectivity index (χ2v) is 6.25. The van der Waals surface area contributed by atoms with Crippen LogP contribution in [0.25, 0.3) is 6.08 Å². The predicted molar refractivity (Wildman–Crippen MR) is 102 cm³/mol. The van der Waals surface area contributed by atoms with Crippen molar-refractivity contribution in [1.82, 2.24) is 9.78 Å². The molecule has 0 aliphatic carbocycles. The van der Waals surface area contributed by atoms with E-state index < -0.39 is 0 Å². The number of hydrogen-bond donors (Lipinski definition) is 1. The highest BCUT2D eigenvalue weighted by molar-refractivity contribution is 5.78. The molecule has 6 heteroatoms. The van der Waals surface area contributed by atoms with Crippen molar-refractivity contribution in [1.29, 1.82) is 0 Å². The number of hydrogen-bond acceptors (Lipinski definition) is 4. The number of para-hydroxylation sites is 2. The van der Waals surface area contributed by atoms with Crippen LogP contribution in [0.5, 0.6) is 5.75 Å². The van der Waals surface area contributed by atoms with Gasteiger partial charge in [-0.2, -0.15) is 4.68 Å². The third-order valence-corrected chi connectivity index (χ3v) is 4.23. The van der Waals surface area contributed by atoms with Crippen LogP contribution in [0.2, 0.25) is 0 Å². The van der Waals surface area contributed by atoms with Crippen LogP contribution in [0.4, 0.5) is 5.69 Å². The number of aromatic nitrogens is 2. The van der Waals surface area contributed by atoms with E-state index in [9.17, 15) is 9.59 Å². The molecule has 1 aliphatic heterocycles. The Hall–Kier alpha value is -2.98. The first-order valence-corrected chi connectivity index (χ1v) is 8.92. The Bertz CT molecular complexity index is 945. The molecular weight excluding hydrogens is 330 g/mol. The number of anilines is 1. The van der Waals surface area contributed by atoms with E-state index >= 15 is 0 Å². The summed E-state index contributed by atoms with van der Waals surface area (Å²) in [5.41, 5.74) is 4.78. The monoisotopic (exact) mass is 353 g/mol. The summed E-state index contributed by atoms with van der Waals surface area (Å²) in [6.07, 6.45) is 3.56. The largest absolute Gasteiger partial charge is 0.432 e. The third kappa shape index (κ3) is 3.24. The van der Waals surface area contributed by atoms with Crippen LogP contribution < -0.4 is 15.2 Å². The fraction of sp³-hybridized carbons (Fsp3) is 0.350. The fourth-order valence-electron chi connectivity index (χ4n) is 2.95. The lowest BCUT2D eigenvalue weighted by Gasteiger charge is -2.15. The number of nitrogens with one attached hydrogen (secondary N) is 1. The van der Waals surface area contributed by atoms with Gasteiger partial charge >= 0.3 is 0 Å². The van der Waals surface area contributed by atoms with Crippen LogP contribution in [0.15, 0.2) is 40.7 Å². The lowest BCUT2D eigenvalue weighted by Crippen LogP contribution is -2.25. The quantitative estimate of drug-likeness (QED) is 0.833. The van der Waals surface area contributed by atoms with E-state index in [2.05, 4.69) is 17.8 Å². The Balaban J connectivity index is 1.99. The summed E-state index contributed by atoms with van der Waals surface area (Å²) < 4.78 is 6.96. The van der Waals surface area contributed by atoms with Gasteiger partial charge in [0.05, 0.1) is 11.3 Å². The first kappa shape index (κ1) is 17.8. The third-order valence-electron chi connectivity index (χ3n) is 4.23. The number of ether oxygens (including phenoxy) is 1. The van der Waals surface area contributed by atoms with Gasteiger partial charge in [0, 0.05) is 24.7 Å². The molecule has 0 bridgehead atoms. The van der Waals surface area contributed by atoms with Crippen molar-refractivity contribution in [2.24, 2.45) is 0 Å². The van der Waals surface area contributed by atoms with E-state index in [1.165, 1.54) is 0 Å². The van der Waals surface area contributed by atoms with Crippen molar-refractivity contribution in [3.63, 3.8) is 0 Å².